The van der Waals surface area contributed by atoms with Gasteiger partial charge in [0, 0.05) is 5.02 Å². The summed E-state index contributed by atoms with van der Waals surface area (Å²) in [6.07, 6.45) is 0. The lowest BCUT2D eigenvalue weighted by atomic mass is 10.1. The molecule has 0 saturated heterocycles. The zero-order chi connectivity index (χ0) is 18.3. The molecule has 0 aromatic heterocycles. The minimum Gasteiger partial charge on any atom is -0.323 e. The molecule has 0 radical (unpaired) electrons. The number of halogens is 4. The number of benzene rings is 2. The molecule has 0 aliphatic carbocycles. The molecule has 0 atom stereocenters. The standard InChI is InChI=1S/C16H8Cl4N2O3/c17-7-1-2-10(18)13(3-7)21-14(23)6-22-15(24)8-4-11(19)12(20)5-9(8)16(22)25/h1-5H,6H2,(H,21,23). The number of nitrogens with zero attached hydrogens (tertiary/aromatic N) is 1. The van der Waals surface area contributed by atoms with Gasteiger partial charge in [-0.05, 0) is 30.3 Å². The fourth-order valence-electron chi connectivity index (χ4n) is 2.35. The summed E-state index contributed by atoms with van der Waals surface area (Å²) in [5, 5.41) is 3.47. The molecule has 0 saturated carbocycles. The predicted molar refractivity (Wildman–Crippen MR) is 96.9 cm³/mol. The lowest BCUT2D eigenvalue weighted by molar-refractivity contribution is -0.116. The van der Waals surface area contributed by atoms with Crippen LogP contribution in [-0.2, 0) is 4.79 Å². The Morgan fingerprint density at radius 1 is 0.880 bits per heavy atom. The van der Waals surface area contributed by atoms with Gasteiger partial charge in [0.05, 0.1) is 31.9 Å². The molecule has 0 bridgehead atoms. The molecular formula is C16H8Cl4N2O3. The minimum absolute atomic E-state index is 0.105. The normalized spacial score (nSPS) is 13.2. The zero-order valence-electron chi connectivity index (χ0n) is 12.3. The number of anilines is 1. The van der Waals surface area contributed by atoms with E-state index in [1.54, 1.807) is 6.07 Å². The number of hydrogen-bond donors (Lipinski definition) is 1. The van der Waals surface area contributed by atoms with Gasteiger partial charge in [-0.25, -0.2) is 0 Å². The molecular weight excluding hydrogens is 410 g/mol. The van der Waals surface area contributed by atoms with Crippen LogP contribution in [0.2, 0.25) is 20.1 Å². The average Bonchev–Trinajstić information content (AvgIpc) is 2.76. The van der Waals surface area contributed by atoms with E-state index in [0.29, 0.717) is 5.02 Å². The Morgan fingerprint density at radius 2 is 1.44 bits per heavy atom. The molecule has 1 heterocycles. The second-order valence-corrected chi connectivity index (χ2v) is 6.84. The van der Waals surface area contributed by atoms with Gasteiger partial charge >= 0.3 is 0 Å². The van der Waals surface area contributed by atoms with Gasteiger partial charge in [-0.3, -0.25) is 19.3 Å². The average molecular weight is 418 g/mol. The fraction of sp³-hybridized carbons (Fsp3) is 0.0625. The highest BCUT2D eigenvalue weighted by atomic mass is 35.5. The minimum atomic E-state index is -0.620. The lowest BCUT2D eigenvalue weighted by Gasteiger charge is -2.14. The van der Waals surface area contributed by atoms with Crippen molar-refractivity contribution in [3.05, 3.63) is 61.5 Å². The molecule has 128 valence electrons. The van der Waals surface area contributed by atoms with Gasteiger partial charge in [0.1, 0.15) is 6.54 Å². The van der Waals surface area contributed by atoms with Crippen LogP contribution in [0, 0.1) is 0 Å². The number of carbonyl (C=O) groups is 3. The summed E-state index contributed by atoms with van der Waals surface area (Å²) < 4.78 is 0. The SMILES string of the molecule is O=C(CN1C(=O)c2cc(Cl)c(Cl)cc2C1=O)Nc1cc(Cl)ccc1Cl. The van der Waals surface area contributed by atoms with Gasteiger partial charge in [-0.1, -0.05) is 46.4 Å². The summed E-state index contributed by atoms with van der Waals surface area (Å²) in [6.45, 7) is -0.482. The van der Waals surface area contributed by atoms with Crippen LogP contribution in [0.5, 0.6) is 0 Å². The van der Waals surface area contributed by atoms with Gasteiger partial charge in [0.25, 0.3) is 11.8 Å². The van der Waals surface area contributed by atoms with Crippen molar-refractivity contribution >= 4 is 69.8 Å². The largest absolute Gasteiger partial charge is 0.323 e. The summed E-state index contributed by atoms with van der Waals surface area (Å²) >= 11 is 23.6. The third kappa shape index (κ3) is 3.46. The number of nitrogens with one attached hydrogen (secondary N) is 1. The van der Waals surface area contributed by atoms with Gasteiger partial charge in [0.2, 0.25) is 5.91 Å². The molecule has 3 amide bonds. The van der Waals surface area contributed by atoms with E-state index in [9.17, 15) is 14.4 Å². The van der Waals surface area contributed by atoms with Crippen LogP contribution in [0.15, 0.2) is 30.3 Å². The third-order valence-electron chi connectivity index (χ3n) is 3.52. The Morgan fingerprint density at radius 3 is 2.00 bits per heavy atom. The smallest absolute Gasteiger partial charge is 0.262 e. The quantitative estimate of drug-likeness (QED) is 0.745. The first kappa shape index (κ1) is 18.0. The van der Waals surface area contributed by atoms with Crippen molar-refractivity contribution in [2.75, 3.05) is 11.9 Å². The molecule has 0 unspecified atom stereocenters. The van der Waals surface area contributed by atoms with Gasteiger partial charge in [-0.2, -0.15) is 0 Å². The Kier molecular flexibility index (Phi) is 4.93. The molecule has 25 heavy (non-hydrogen) atoms. The maximum atomic E-state index is 12.4. The van der Waals surface area contributed by atoms with Crippen molar-refractivity contribution in [3.63, 3.8) is 0 Å². The maximum absolute atomic E-state index is 12.4. The molecule has 1 N–H and O–H groups in total. The van der Waals surface area contributed by atoms with E-state index >= 15 is 0 Å². The number of fused-ring (bicyclic) bond motifs is 1. The van der Waals surface area contributed by atoms with Crippen molar-refractivity contribution in [2.45, 2.75) is 0 Å². The molecule has 0 spiro atoms. The molecule has 2 aromatic carbocycles. The molecule has 3 rings (SSSR count). The molecule has 1 aliphatic rings. The molecule has 0 fully saturated rings. The highest BCUT2D eigenvalue weighted by Gasteiger charge is 2.37. The van der Waals surface area contributed by atoms with Crippen molar-refractivity contribution in [3.8, 4) is 0 Å². The Hall–Kier alpha value is -1.79. The Labute approximate surface area is 162 Å². The predicted octanol–water partition coefficient (Wildman–Crippen LogP) is 4.53. The number of amides is 3. The summed E-state index contributed by atoms with van der Waals surface area (Å²) in [4.78, 5) is 37.7. The Balaban J connectivity index is 1.79. The first-order valence-electron chi connectivity index (χ1n) is 6.88. The van der Waals surface area contributed by atoms with Crippen molar-refractivity contribution in [1.82, 2.24) is 4.90 Å². The van der Waals surface area contributed by atoms with Crippen molar-refractivity contribution < 1.29 is 14.4 Å². The highest BCUT2D eigenvalue weighted by molar-refractivity contribution is 6.43. The van der Waals surface area contributed by atoms with E-state index in [-0.39, 0.29) is 31.9 Å². The number of hydrogen-bond acceptors (Lipinski definition) is 3. The Bertz CT molecular complexity index is 889. The van der Waals surface area contributed by atoms with Crippen LogP contribution in [-0.4, -0.2) is 29.2 Å². The topological polar surface area (TPSA) is 66.5 Å². The first-order chi connectivity index (χ1) is 11.8. The van der Waals surface area contributed by atoms with Crippen LogP contribution in [0.4, 0.5) is 5.69 Å². The number of carbonyl (C=O) groups excluding carboxylic acids is 3. The highest BCUT2D eigenvalue weighted by Crippen LogP contribution is 2.31. The molecule has 9 heteroatoms. The van der Waals surface area contributed by atoms with Crippen LogP contribution >= 0.6 is 46.4 Å². The van der Waals surface area contributed by atoms with Gasteiger partial charge < -0.3 is 5.32 Å². The van der Waals surface area contributed by atoms with Crippen LogP contribution < -0.4 is 5.32 Å². The van der Waals surface area contributed by atoms with E-state index in [1.807, 2.05) is 0 Å². The van der Waals surface area contributed by atoms with E-state index in [4.69, 9.17) is 46.4 Å². The monoisotopic (exact) mass is 416 g/mol. The molecule has 1 aliphatic heterocycles. The van der Waals surface area contributed by atoms with E-state index in [0.717, 1.165) is 4.90 Å². The summed E-state index contributed by atoms with van der Waals surface area (Å²) in [5.74, 6) is -1.84. The zero-order valence-corrected chi connectivity index (χ0v) is 15.3. The molecule has 2 aromatic rings. The van der Waals surface area contributed by atoms with Crippen LogP contribution in [0.1, 0.15) is 20.7 Å². The fourth-order valence-corrected chi connectivity index (χ4v) is 3.02. The summed E-state index contributed by atoms with van der Waals surface area (Å²) in [6, 6.07) is 7.17. The second kappa shape index (κ2) is 6.84. The second-order valence-electron chi connectivity index (χ2n) is 5.18. The maximum Gasteiger partial charge on any atom is 0.262 e. The lowest BCUT2D eigenvalue weighted by Crippen LogP contribution is -2.37. The van der Waals surface area contributed by atoms with E-state index in [2.05, 4.69) is 5.32 Å². The number of rotatable bonds is 3. The number of imide groups is 1. The molecule has 5 nitrogen and oxygen atoms in total. The van der Waals surface area contributed by atoms with Crippen molar-refractivity contribution in [1.29, 1.82) is 0 Å². The van der Waals surface area contributed by atoms with Gasteiger partial charge in [0.15, 0.2) is 0 Å². The van der Waals surface area contributed by atoms with E-state index < -0.39 is 24.3 Å². The van der Waals surface area contributed by atoms with E-state index in [1.165, 1.54) is 24.3 Å². The van der Waals surface area contributed by atoms with Crippen molar-refractivity contribution in [2.24, 2.45) is 0 Å². The van der Waals surface area contributed by atoms with Gasteiger partial charge in [-0.15, -0.1) is 0 Å². The van der Waals surface area contributed by atoms with Crippen LogP contribution in [0.25, 0.3) is 0 Å². The first-order valence-corrected chi connectivity index (χ1v) is 8.39. The van der Waals surface area contributed by atoms with Crippen LogP contribution in [0.3, 0.4) is 0 Å². The summed E-state index contributed by atoms with van der Waals surface area (Å²) in [7, 11) is 0. The summed E-state index contributed by atoms with van der Waals surface area (Å²) in [5.41, 5.74) is 0.489. The third-order valence-corrected chi connectivity index (χ3v) is 4.80.